The largest absolute Gasteiger partial charge is 0.493 e. The highest BCUT2D eigenvalue weighted by molar-refractivity contribution is 7.89. The van der Waals surface area contributed by atoms with E-state index in [1.54, 1.807) is 55.9 Å². The first kappa shape index (κ1) is 22.8. The van der Waals surface area contributed by atoms with Gasteiger partial charge in [-0.05, 0) is 37.1 Å². The Morgan fingerprint density at radius 2 is 1.84 bits per heavy atom. The first-order valence-corrected chi connectivity index (χ1v) is 11.4. The molecule has 1 fully saturated rings. The average Bonchev–Trinajstić information content (AvgIpc) is 2.96. The van der Waals surface area contributed by atoms with Crippen molar-refractivity contribution in [3.63, 3.8) is 0 Å². The summed E-state index contributed by atoms with van der Waals surface area (Å²) >= 11 is 0. The number of carbonyl (C=O) groups is 1. The summed E-state index contributed by atoms with van der Waals surface area (Å²) in [6.45, 7) is 3.14. The molecule has 10 heteroatoms. The van der Waals surface area contributed by atoms with Crippen LogP contribution in [0.2, 0.25) is 0 Å². The van der Waals surface area contributed by atoms with Crippen molar-refractivity contribution in [1.29, 1.82) is 0 Å². The molecular weight excluding hydrogens is 420 g/mol. The van der Waals surface area contributed by atoms with Crippen molar-refractivity contribution in [2.45, 2.75) is 18.4 Å². The second kappa shape index (κ2) is 9.52. The van der Waals surface area contributed by atoms with Gasteiger partial charge in [0.05, 0.1) is 14.2 Å². The third-order valence-electron chi connectivity index (χ3n) is 5.28. The summed E-state index contributed by atoms with van der Waals surface area (Å²) in [6, 6.07) is 5.39. The molecule has 2 aromatic rings. The number of benzene rings is 1. The van der Waals surface area contributed by atoms with Gasteiger partial charge in [0.1, 0.15) is 5.82 Å². The molecule has 1 aromatic carbocycles. The van der Waals surface area contributed by atoms with Crippen molar-refractivity contribution in [2.75, 3.05) is 40.4 Å². The fraction of sp³-hybridized carbons (Fsp3) is 0.429. The van der Waals surface area contributed by atoms with Crippen LogP contribution in [0.25, 0.3) is 6.08 Å². The molecule has 2 heterocycles. The number of amides is 1. The zero-order chi connectivity index (χ0) is 22.6. The van der Waals surface area contributed by atoms with E-state index in [9.17, 15) is 13.2 Å². The molecule has 1 aliphatic rings. The quantitative estimate of drug-likeness (QED) is 0.624. The van der Waals surface area contributed by atoms with Crippen LogP contribution < -0.4 is 9.47 Å². The van der Waals surface area contributed by atoms with Crippen LogP contribution in [0.5, 0.6) is 11.5 Å². The van der Waals surface area contributed by atoms with Crippen LogP contribution in [-0.2, 0) is 21.9 Å². The summed E-state index contributed by atoms with van der Waals surface area (Å²) in [5.74, 6) is 1.66. The third kappa shape index (κ3) is 5.08. The van der Waals surface area contributed by atoms with Crippen molar-refractivity contribution in [2.24, 2.45) is 7.05 Å². The van der Waals surface area contributed by atoms with Gasteiger partial charge < -0.3 is 18.9 Å². The number of aryl methyl sites for hydroxylation is 2. The summed E-state index contributed by atoms with van der Waals surface area (Å²) < 4.78 is 39.4. The zero-order valence-corrected chi connectivity index (χ0v) is 19.1. The van der Waals surface area contributed by atoms with Gasteiger partial charge in [-0.2, -0.15) is 4.31 Å². The van der Waals surface area contributed by atoms with Crippen LogP contribution >= 0.6 is 0 Å². The molecule has 0 atom stereocenters. The number of hydrogen-bond donors (Lipinski definition) is 0. The highest BCUT2D eigenvalue weighted by Gasteiger charge is 2.29. The van der Waals surface area contributed by atoms with Gasteiger partial charge in [-0.25, -0.2) is 13.4 Å². The van der Waals surface area contributed by atoms with Crippen LogP contribution in [0, 0.1) is 6.92 Å². The minimum atomic E-state index is -3.69. The summed E-state index contributed by atoms with van der Waals surface area (Å²) in [6.07, 6.45) is 5.28. The maximum absolute atomic E-state index is 12.9. The predicted octanol–water partition coefficient (Wildman–Crippen LogP) is 1.68. The standard InChI is InChI=1S/C21H28N4O5S/c1-16-22-20(15-23(16)2)31(27,28)25-11-5-10-24(12-13-25)21(26)9-7-17-6-8-18(29-3)19(14-17)30-4/h6-9,14-15H,5,10-13H2,1-4H3/b9-7+. The highest BCUT2D eigenvalue weighted by Crippen LogP contribution is 2.28. The van der Waals surface area contributed by atoms with E-state index in [0.717, 1.165) is 5.56 Å². The maximum Gasteiger partial charge on any atom is 0.262 e. The second-order valence-corrected chi connectivity index (χ2v) is 9.15. The Morgan fingerprint density at radius 1 is 1.10 bits per heavy atom. The number of ether oxygens (including phenoxy) is 2. The van der Waals surface area contributed by atoms with Crippen LogP contribution in [0.3, 0.4) is 0 Å². The van der Waals surface area contributed by atoms with E-state index in [0.29, 0.717) is 43.4 Å². The van der Waals surface area contributed by atoms with E-state index >= 15 is 0 Å². The topological polar surface area (TPSA) is 94.0 Å². The maximum atomic E-state index is 12.9. The van der Waals surface area contributed by atoms with Gasteiger partial charge in [-0.3, -0.25) is 4.79 Å². The molecule has 168 valence electrons. The number of imidazole rings is 1. The average molecular weight is 449 g/mol. The predicted molar refractivity (Wildman–Crippen MR) is 116 cm³/mol. The molecule has 1 aliphatic heterocycles. The number of aromatic nitrogens is 2. The monoisotopic (exact) mass is 448 g/mol. The Hall–Kier alpha value is -2.85. The van der Waals surface area contributed by atoms with E-state index in [-0.39, 0.29) is 17.5 Å². The van der Waals surface area contributed by atoms with E-state index in [4.69, 9.17) is 9.47 Å². The molecule has 0 radical (unpaired) electrons. The normalized spacial score (nSPS) is 15.8. The van der Waals surface area contributed by atoms with Gasteiger partial charge in [0.2, 0.25) is 5.91 Å². The summed E-state index contributed by atoms with van der Waals surface area (Å²) in [4.78, 5) is 18.5. The third-order valence-corrected chi connectivity index (χ3v) is 7.05. The fourth-order valence-corrected chi connectivity index (χ4v) is 4.86. The number of sulfonamides is 1. The second-order valence-electron chi connectivity index (χ2n) is 7.27. The lowest BCUT2D eigenvalue weighted by atomic mass is 10.2. The molecule has 0 saturated carbocycles. The Kier molecular flexibility index (Phi) is 7.01. The molecule has 9 nitrogen and oxygen atoms in total. The molecule has 1 amide bonds. The van der Waals surface area contributed by atoms with Crippen LogP contribution in [0.1, 0.15) is 17.8 Å². The Labute approximate surface area is 182 Å². The lowest BCUT2D eigenvalue weighted by molar-refractivity contribution is -0.125. The van der Waals surface area contributed by atoms with Gasteiger partial charge in [0.15, 0.2) is 16.5 Å². The Balaban J connectivity index is 1.66. The Morgan fingerprint density at radius 3 is 2.48 bits per heavy atom. The number of carbonyl (C=O) groups excluding carboxylic acids is 1. The van der Waals surface area contributed by atoms with E-state index in [1.807, 2.05) is 6.07 Å². The minimum Gasteiger partial charge on any atom is -0.493 e. The molecule has 1 saturated heterocycles. The number of nitrogens with zero attached hydrogens (tertiary/aromatic N) is 4. The van der Waals surface area contributed by atoms with Crippen LogP contribution in [0.4, 0.5) is 0 Å². The first-order valence-electron chi connectivity index (χ1n) is 9.95. The lowest BCUT2D eigenvalue weighted by Crippen LogP contribution is -2.36. The zero-order valence-electron chi connectivity index (χ0n) is 18.2. The van der Waals surface area contributed by atoms with Crippen LogP contribution in [0.15, 0.2) is 35.5 Å². The summed E-state index contributed by atoms with van der Waals surface area (Å²) in [5.41, 5.74) is 0.801. The first-order chi connectivity index (χ1) is 14.8. The smallest absolute Gasteiger partial charge is 0.262 e. The van der Waals surface area contributed by atoms with Gasteiger partial charge in [-0.1, -0.05) is 6.07 Å². The number of methoxy groups -OCH3 is 2. The summed E-state index contributed by atoms with van der Waals surface area (Å²) in [7, 11) is 1.19. The minimum absolute atomic E-state index is 0.0422. The number of rotatable bonds is 6. The molecular formula is C21H28N4O5S. The molecule has 0 unspecified atom stereocenters. The molecule has 31 heavy (non-hydrogen) atoms. The molecule has 3 rings (SSSR count). The van der Waals surface area contributed by atoms with Gasteiger partial charge in [0.25, 0.3) is 10.0 Å². The van der Waals surface area contributed by atoms with Crippen molar-refractivity contribution < 1.29 is 22.7 Å². The Bertz CT molecular complexity index is 1060. The SMILES string of the molecule is COc1ccc(/C=C/C(=O)N2CCCN(S(=O)(=O)c3cn(C)c(C)n3)CC2)cc1OC. The lowest BCUT2D eigenvalue weighted by Gasteiger charge is -2.20. The molecule has 1 aromatic heterocycles. The summed E-state index contributed by atoms with van der Waals surface area (Å²) in [5, 5.41) is 0.0422. The van der Waals surface area contributed by atoms with Crippen molar-refractivity contribution in [1.82, 2.24) is 18.8 Å². The van der Waals surface area contributed by atoms with E-state index in [1.165, 1.54) is 16.6 Å². The van der Waals surface area contributed by atoms with Crippen molar-refractivity contribution >= 4 is 22.0 Å². The molecule has 0 aliphatic carbocycles. The van der Waals surface area contributed by atoms with E-state index < -0.39 is 10.0 Å². The van der Waals surface area contributed by atoms with Crippen LogP contribution in [-0.4, -0.2) is 73.5 Å². The van der Waals surface area contributed by atoms with Crippen molar-refractivity contribution in [3.8, 4) is 11.5 Å². The van der Waals surface area contributed by atoms with E-state index in [2.05, 4.69) is 4.98 Å². The van der Waals surface area contributed by atoms with Gasteiger partial charge in [-0.15, -0.1) is 0 Å². The van der Waals surface area contributed by atoms with Crippen molar-refractivity contribution in [3.05, 3.63) is 41.9 Å². The number of hydrogen-bond acceptors (Lipinski definition) is 6. The van der Waals surface area contributed by atoms with Gasteiger partial charge in [0, 0.05) is 45.5 Å². The fourth-order valence-electron chi connectivity index (χ4n) is 3.37. The molecule has 0 N–H and O–H groups in total. The molecule has 0 bridgehead atoms. The molecule has 0 spiro atoms. The highest BCUT2D eigenvalue weighted by atomic mass is 32.2. The van der Waals surface area contributed by atoms with Gasteiger partial charge >= 0.3 is 0 Å².